The zero-order valence-electron chi connectivity index (χ0n) is 22.3. The van der Waals surface area contributed by atoms with Gasteiger partial charge in [-0.05, 0) is 67.8 Å². The molecule has 0 unspecified atom stereocenters. The summed E-state index contributed by atoms with van der Waals surface area (Å²) in [4.78, 5) is 24.0. The lowest BCUT2D eigenvalue weighted by atomic mass is 10.1. The number of fused-ring (bicyclic) bond motifs is 1. The maximum absolute atomic E-state index is 15.8. The lowest BCUT2D eigenvalue weighted by molar-refractivity contribution is -0.147. The molecule has 4 heterocycles. The van der Waals surface area contributed by atoms with Crippen LogP contribution in [-0.2, 0) is 16.0 Å². The Hall–Kier alpha value is -4.40. The van der Waals surface area contributed by atoms with E-state index < -0.39 is 17.6 Å². The van der Waals surface area contributed by atoms with Crippen molar-refractivity contribution in [3.8, 4) is 23.1 Å². The molecule has 0 amide bonds. The van der Waals surface area contributed by atoms with Crippen LogP contribution >= 0.6 is 0 Å². The normalized spacial score (nSPS) is 18.9. The molecule has 9 nitrogen and oxygen atoms in total. The maximum atomic E-state index is 15.8. The third-order valence-electron chi connectivity index (χ3n) is 7.59. The molecule has 0 radical (unpaired) electrons. The summed E-state index contributed by atoms with van der Waals surface area (Å²) in [5.74, 6) is -1.45. The zero-order valence-corrected chi connectivity index (χ0v) is 22.3. The summed E-state index contributed by atoms with van der Waals surface area (Å²) < 4.78 is 37.6. The zero-order chi connectivity index (χ0) is 28.5. The third kappa shape index (κ3) is 5.36. The van der Waals surface area contributed by atoms with Gasteiger partial charge in [-0.15, -0.1) is 0 Å². The Morgan fingerprint density at radius 1 is 1.15 bits per heavy atom. The lowest BCUT2D eigenvalue weighted by Gasteiger charge is -2.32. The van der Waals surface area contributed by atoms with E-state index in [-0.39, 0.29) is 35.6 Å². The van der Waals surface area contributed by atoms with Gasteiger partial charge >= 0.3 is 5.97 Å². The number of nitrogens with one attached hydrogen (secondary N) is 1. The van der Waals surface area contributed by atoms with E-state index in [0.29, 0.717) is 35.4 Å². The molecule has 2 fully saturated rings. The van der Waals surface area contributed by atoms with Crippen LogP contribution in [0, 0.1) is 23.0 Å². The fourth-order valence-electron chi connectivity index (χ4n) is 5.58. The highest BCUT2D eigenvalue weighted by molar-refractivity contribution is 5.90. The second-order valence-corrected chi connectivity index (χ2v) is 10.5. The van der Waals surface area contributed by atoms with E-state index in [1.807, 2.05) is 12.1 Å². The number of piperidine rings is 1. The van der Waals surface area contributed by atoms with Crippen LogP contribution in [0.25, 0.3) is 28.2 Å². The van der Waals surface area contributed by atoms with Gasteiger partial charge in [-0.2, -0.15) is 5.26 Å². The van der Waals surface area contributed by atoms with Gasteiger partial charge in [0, 0.05) is 37.4 Å². The Kier molecular flexibility index (Phi) is 7.34. The lowest BCUT2D eigenvalue weighted by Crippen LogP contribution is -2.42. The molecule has 2 aromatic carbocycles. The number of nitrogens with zero attached hydrogens (tertiary/aromatic N) is 5. The van der Waals surface area contributed by atoms with Gasteiger partial charge < -0.3 is 20.7 Å². The first-order chi connectivity index (χ1) is 19.9. The van der Waals surface area contributed by atoms with E-state index in [4.69, 9.17) is 15.5 Å². The molecule has 4 aromatic rings. The SMILES string of the molecule is N#Cc1ccc(-c2nc3c(N4CCC[C@@H](N)C4)ccnc3n2-c2ccc(CC(=O)O[C@H]3CCNC3)cc2F)cc1F. The van der Waals surface area contributed by atoms with Crippen molar-refractivity contribution in [1.29, 1.82) is 5.26 Å². The number of aromatic nitrogens is 3. The summed E-state index contributed by atoms with van der Waals surface area (Å²) in [7, 11) is 0. The van der Waals surface area contributed by atoms with E-state index in [1.165, 1.54) is 18.2 Å². The Bertz CT molecular complexity index is 1660. The average Bonchev–Trinajstić information content (AvgIpc) is 3.61. The van der Waals surface area contributed by atoms with Gasteiger partial charge in [0.2, 0.25) is 0 Å². The summed E-state index contributed by atoms with van der Waals surface area (Å²) in [6, 6.07) is 12.4. The highest BCUT2D eigenvalue weighted by atomic mass is 19.1. The number of hydrogen-bond acceptors (Lipinski definition) is 8. The van der Waals surface area contributed by atoms with Gasteiger partial charge in [0.15, 0.2) is 5.65 Å². The number of halogens is 2. The number of rotatable bonds is 6. The minimum absolute atomic E-state index is 0.0164. The molecule has 41 heavy (non-hydrogen) atoms. The second kappa shape index (κ2) is 11.2. The molecule has 2 aliphatic rings. The number of nitrogens with two attached hydrogens (primary N) is 1. The van der Waals surface area contributed by atoms with Crippen molar-refractivity contribution in [2.75, 3.05) is 31.1 Å². The molecule has 6 rings (SSSR count). The molecule has 3 N–H and O–H groups in total. The topological polar surface area (TPSA) is 122 Å². The Morgan fingerprint density at radius 3 is 2.76 bits per heavy atom. The molecule has 0 bridgehead atoms. The average molecular weight is 558 g/mol. The van der Waals surface area contributed by atoms with Crippen LogP contribution < -0.4 is 16.0 Å². The van der Waals surface area contributed by atoms with E-state index in [9.17, 15) is 14.4 Å². The summed E-state index contributed by atoms with van der Waals surface area (Å²) in [6.45, 7) is 2.84. The molecule has 0 saturated carbocycles. The van der Waals surface area contributed by atoms with E-state index >= 15 is 4.39 Å². The quantitative estimate of drug-likeness (QED) is 0.345. The highest BCUT2D eigenvalue weighted by Gasteiger charge is 2.25. The van der Waals surface area contributed by atoms with Gasteiger partial charge in [0.25, 0.3) is 0 Å². The number of benzene rings is 2. The largest absolute Gasteiger partial charge is 0.461 e. The molecule has 2 aromatic heterocycles. The van der Waals surface area contributed by atoms with Gasteiger partial charge in [-0.1, -0.05) is 6.07 Å². The number of nitriles is 1. The maximum Gasteiger partial charge on any atom is 0.310 e. The van der Waals surface area contributed by atoms with E-state index in [0.717, 1.165) is 38.0 Å². The van der Waals surface area contributed by atoms with Crippen LogP contribution in [0.15, 0.2) is 48.7 Å². The minimum atomic E-state index is -0.703. The number of hydrogen-bond donors (Lipinski definition) is 2. The van der Waals surface area contributed by atoms with Crippen molar-refractivity contribution in [2.45, 2.75) is 37.8 Å². The fraction of sp³-hybridized carbons (Fsp3) is 0.333. The van der Waals surface area contributed by atoms with Crippen LogP contribution in [0.5, 0.6) is 0 Å². The van der Waals surface area contributed by atoms with Crippen LogP contribution in [0.2, 0.25) is 0 Å². The molecule has 11 heteroatoms. The molecule has 2 aliphatic heterocycles. The highest BCUT2D eigenvalue weighted by Crippen LogP contribution is 2.35. The summed E-state index contributed by atoms with van der Waals surface area (Å²) in [5, 5.41) is 12.4. The van der Waals surface area contributed by atoms with Crippen molar-refractivity contribution in [2.24, 2.45) is 5.73 Å². The van der Waals surface area contributed by atoms with E-state index in [2.05, 4.69) is 15.2 Å². The Balaban J connectivity index is 1.43. The Morgan fingerprint density at radius 2 is 2.02 bits per heavy atom. The summed E-state index contributed by atoms with van der Waals surface area (Å²) in [5.41, 5.74) is 8.83. The summed E-state index contributed by atoms with van der Waals surface area (Å²) in [6.07, 6.45) is 4.01. The van der Waals surface area contributed by atoms with Gasteiger partial charge in [0.1, 0.15) is 35.1 Å². The van der Waals surface area contributed by atoms with Crippen molar-refractivity contribution in [1.82, 2.24) is 19.9 Å². The van der Waals surface area contributed by atoms with Gasteiger partial charge in [0.05, 0.1) is 23.4 Å². The van der Waals surface area contributed by atoms with Gasteiger partial charge in [-0.25, -0.2) is 18.7 Å². The smallest absolute Gasteiger partial charge is 0.310 e. The van der Waals surface area contributed by atoms with Crippen molar-refractivity contribution >= 4 is 22.8 Å². The predicted octanol–water partition coefficient (Wildman–Crippen LogP) is 3.61. The molecule has 0 aliphatic carbocycles. The number of carbonyl (C=O) groups excluding carboxylic acids is 1. The molecule has 2 atom stereocenters. The second-order valence-electron chi connectivity index (χ2n) is 10.5. The number of imidazole rings is 1. The third-order valence-corrected chi connectivity index (χ3v) is 7.59. The van der Waals surface area contributed by atoms with E-state index in [1.54, 1.807) is 29.0 Å². The number of pyridine rings is 1. The van der Waals surface area contributed by atoms with Crippen LogP contribution in [0.1, 0.15) is 30.4 Å². The minimum Gasteiger partial charge on any atom is -0.461 e. The van der Waals surface area contributed by atoms with Crippen molar-refractivity contribution in [3.05, 3.63) is 71.4 Å². The van der Waals surface area contributed by atoms with Crippen molar-refractivity contribution in [3.63, 3.8) is 0 Å². The van der Waals surface area contributed by atoms with Crippen LogP contribution in [-0.4, -0.2) is 58.8 Å². The Labute approximate surface area is 235 Å². The number of ether oxygens (including phenoxy) is 1. The summed E-state index contributed by atoms with van der Waals surface area (Å²) >= 11 is 0. The van der Waals surface area contributed by atoms with Crippen LogP contribution in [0.3, 0.4) is 0 Å². The molecule has 0 spiro atoms. The molecular formula is C30H29F2N7O2. The predicted molar refractivity (Wildman–Crippen MR) is 149 cm³/mol. The first kappa shape index (κ1) is 26.8. The number of carbonyl (C=O) groups is 1. The fourth-order valence-corrected chi connectivity index (χ4v) is 5.58. The van der Waals surface area contributed by atoms with Crippen LogP contribution in [0.4, 0.5) is 14.5 Å². The molecular weight excluding hydrogens is 528 g/mol. The monoisotopic (exact) mass is 557 g/mol. The first-order valence-corrected chi connectivity index (χ1v) is 13.7. The first-order valence-electron chi connectivity index (χ1n) is 13.7. The molecule has 2 saturated heterocycles. The molecule has 210 valence electrons. The van der Waals surface area contributed by atoms with Gasteiger partial charge in [-0.3, -0.25) is 9.36 Å². The number of esters is 1. The number of anilines is 1. The standard InChI is InChI=1S/C30H29F2N7O2/c31-23-14-19(4-5-20(23)15-33)29-37-28-26(38-11-1-2-21(34)17-38)8-10-36-30(28)39(29)25-6-3-18(12-24(25)32)13-27(40)41-22-7-9-35-16-22/h3-6,8,10,12,14,21-22,35H,1-2,7,9,11,13,16-17,34H2/t21-,22+/m1/s1. The van der Waals surface area contributed by atoms with Crippen molar-refractivity contribution < 1.29 is 18.3 Å².